The summed E-state index contributed by atoms with van der Waals surface area (Å²) in [5, 5.41) is 3.39. The molecule has 4 nitrogen and oxygen atoms in total. The molecule has 5 heteroatoms. The third-order valence-electron chi connectivity index (χ3n) is 3.32. The quantitative estimate of drug-likeness (QED) is 0.874. The van der Waals surface area contributed by atoms with E-state index in [1.165, 1.54) is 0 Å². The van der Waals surface area contributed by atoms with Gasteiger partial charge in [0.2, 0.25) is 5.91 Å². The minimum atomic E-state index is -0.401. The molecular formula is C13H18BrN3O. The van der Waals surface area contributed by atoms with Crippen LogP contribution in [0.5, 0.6) is 0 Å². The second-order valence-corrected chi connectivity index (χ2v) is 6.03. The van der Waals surface area contributed by atoms with Gasteiger partial charge in [-0.05, 0) is 48.0 Å². The zero-order valence-electron chi connectivity index (χ0n) is 10.7. The summed E-state index contributed by atoms with van der Waals surface area (Å²) in [7, 11) is 0. The number of primary amides is 1. The fourth-order valence-electron chi connectivity index (χ4n) is 2.31. The summed E-state index contributed by atoms with van der Waals surface area (Å²) in [6.45, 7) is 7.26. The molecular weight excluding hydrogens is 294 g/mol. The second kappa shape index (κ2) is 4.90. The highest BCUT2D eigenvalue weighted by molar-refractivity contribution is 9.10. The number of amides is 1. The molecule has 0 bridgehead atoms. The van der Waals surface area contributed by atoms with Crippen LogP contribution >= 0.6 is 15.9 Å². The van der Waals surface area contributed by atoms with Gasteiger partial charge in [0.1, 0.15) is 0 Å². The van der Waals surface area contributed by atoms with Crippen molar-refractivity contribution in [2.75, 3.05) is 24.5 Å². The van der Waals surface area contributed by atoms with E-state index >= 15 is 0 Å². The summed E-state index contributed by atoms with van der Waals surface area (Å²) in [5.74, 6) is -0.401. The van der Waals surface area contributed by atoms with Gasteiger partial charge in [-0.3, -0.25) is 4.79 Å². The molecule has 1 aliphatic rings. The molecule has 0 aromatic heterocycles. The first-order chi connectivity index (χ1) is 8.42. The van der Waals surface area contributed by atoms with Crippen molar-refractivity contribution in [2.45, 2.75) is 19.4 Å². The largest absolute Gasteiger partial charge is 0.366 e. The molecule has 1 fully saturated rings. The van der Waals surface area contributed by atoms with Crippen LogP contribution in [0, 0.1) is 0 Å². The van der Waals surface area contributed by atoms with Crippen LogP contribution in [0.3, 0.4) is 0 Å². The number of carbonyl (C=O) groups excluding carboxylic acids is 1. The molecule has 18 heavy (non-hydrogen) atoms. The van der Waals surface area contributed by atoms with Crippen molar-refractivity contribution < 1.29 is 4.79 Å². The van der Waals surface area contributed by atoms with Crippen molar-refractivity contribution in [2.24, 2.45) is 5.73 Å². The lowest BCUT2D eigenvalue weighted by molar-refractivity contribution is 0.100. The number of hydrogen-bond acceptors (Lipinski definition) is 3. The first-order valence-electron chi connectivity index (χ1n) is 5.99. The predicted octanol–water partition coefficient (Wildman–Crippen LogP) is 1.74. The van der Waals surface area contributed by atoms with E-state index in [9.17, 15) is 4.79 Å². The topological polar surface area (TPSA) is 58.4 Å². The van der Waals surface area contributed by atoms with E-state index < -0.39 is 5.91 Å². The Labute approximate surface area is 116 Å². The maximum atomic E-state index is 11.1. The van der Waals surface area contributed by atoms with Gasteiger partial charge >= 0.3 is 0 Å². The number of anilines is 1. The van der Waals surface area contributed by atoms with E-state index in [0.717, 1.165) is 29.8 Å². The van der Waals surface area contributed by atoms with Crippen LogP contribution < -0.4 is 16.0 Å². The molecule has 1 aromatic rings. The number of piperazine rings is 1. The number of hydrogen-bond donors (Lipinski definition) is 2. The van der Waals surface area contributed by atoms with Gasteiger partial charge < -0.3 is 16.0 Å². The van der Waals surface area contributed by atoms with Gasteiger partial charge in [-0.2, -0.15) is 0 Å². The van der Waals surface area contributed by atoms with E-state index in [-0.39, 0.29) is 5.54 Å². The number of halogens is 1. The molecule has 1 aromatic carbocycles. The minimum absolute atomic E-state index is 0.0506. The lowest BCUT2D eigenvalue weighted by Gasteiger charge is -2.45. The molecule has 1 amide bonds. The van der Waals surface area contributed by atoms with Gasteiger partial charge in [0.05, 0.1) is 5.69 Å². The molecule has 1 saturated heterocycles. The summed E-state index contributed by atoms with van der Waals surface area (Å²) in [6, 6.07) is 5.52. The first kappa shape index (κ1) is 13.4. The summed E-state index contributed by atoms with van der Waals surface area (Å²) >= 11 is 3.53. The van der Waals surface area contributed by atoms with Crippen LogP contribution in [0.2, 0.25) is 0 Å². The van der Waals surface area contributed by atoms with Crippen molar-refractivity contribution in [3.63, 3.8) is 0 Å². The maximum Gasteiger partial charge on any atom is 0.248 e. The van der Waals surface area contributed by atoms with E-state index in [1.807, 2.05) is 6.07 Å². The average molecular weight is 312 g/mol. The highest BCUT2D eigenvalue weighted by atomic mass is 79.9. The molecule has 0 spiro atoms. The van der Waals surface area contributed by atoms with Gasteiger partial charge in [-0.1, -0.05) is 0 Å². The molecule has 0 saturated carbocycles. The number of nitrogens with one attached hydrogen (secondary N) is 1. The summed E-state index contributed by atoms with van der Waals surface area (Å²) in [4.78, 5) is 13.5. The number of carbonyl (C=O) groups is 1. The van der Waals surface area contributed by atoms with Crippen molar-refractivity contribution in [1.82, 2.24) is 5.32 Å². The molecule has 3 N–H and O–H groups in total. The summed E-state index contributed by atoms with van der Waals surface area (Å²) in [5.41, 5.74) is 6.96. The lowest BCUT2D eigenvalue weighted by atomic mass is 9.99. The van der Waals surface area contributed by atoms with Gasteiger partial charge in [-0.15, -0.1) is 0 Å². The van der Waals surface area contributed by atoms with Crippen LogP contribution in [-0.4, -0.2) is 31.1 Å². The molecule has 0 radical (unpaired) electrons. The third-order valence-corrected chi connectivity index (χ3v) is 3.96. The van der Waals surface area contributed by atoms with Crippen LogP contribution in [0.4, 0.5) is 5.69 Å². The van der Waals surface area contributed by atoms with E-state index in [0.29, 0.717) is 5.56 Å². The maximum absolute atomic E-state index is 11.1. The fraction of sp³-hybridized carbons (Fsp3) is 0.462. The van der Waals surface area contributed by atoms with Crippen LogP contribution in [0.15, 0.2) is 22.7 Å². The highest BCUT2D eigenvalue weighted by Gasteiger charge is 2.30. The first-order valence-corrected chi connectivity index (χ1v) is 6.79. The van der Waals surface area contributed by atoms with Crippen LogP contribution in [-0.2, 0) is 0 Å². The molecule has 0 aliphatic carbocycles. The zero-order valence-corrected chi connectivity index (χ0v) is 12.3. The second-order valence-electron chi connectivity index (χ2n) is 5.17. The lowest BCUT2D eigenvalue weighted by Crippen LogP contribution is -2.58. The number of rotatable bonds is 2. The predicted molar refractivity (Wildman–Crippen MR) is 77.0 cm³/mol. The smallest absolute Gasteiger partial charge is 0.248 e. The zero-order chi connectivity index (χ0) is 13.3. The van der Waals surface area contributed by atoms with Gasteiger partial charge in [0.25, 0.3) is 0 Å². The Hall–Kier alpha value is -1.07. The Balaban J connectivity index is 2.36. The van der Waals surface area contributed by atoms with Crippen molar-refractivity contribution in [1.29, 1.82) is 0 Å². The van der Waals surface area contributed by atoms with Gasteiger partial charge in [-0.25, -0.2) is 0 Å². The summed E-state index contributed by atoms with van der Waals surface area (Å²) < 4.78 is 0.911. The van der Waals surface area contributed by atoms with E-state index in [4.69, 9.17) is 5.73 Å². The Bertz CT molecular complexity index is 473. The number of nitrogens with two attached hydrogens (primary N) is 1. The molecule has 1 heterocycles. The van der Waals surface area contributed by atoms with E-state index in [1.54, 1.807) is 12.1 Å². The Morgan fingerprint density at radius 3 is 2.78 bits per heavy atom. The summed E-state index contributed by atoms with van der Waals surface area (Å²) in [6.07, 6.45) is 0. The average Bonchev–Trinajstić information content (AvgIpc) is 2.29. The third kappa shape index (κ3) is 2.52. The normalized spacial score (nSPS) is 18.7. The number of nitrogens with zero attached hydrogens (tertiary/aromatic N) is 1. The molecule has 2 rings (SSSR count). The molecule has 1 aliphatic heterocycles. The Kier molecular flexibility index (Phi) is 3.64. The van der Waals surface area contributed by atoms with Crippen molar-refractivity contribution in [3.05, 3.63) is 28.2 Å². The molecule has 0 unspecified atom stereocenters. The SMILES string of the molecule is CC1(C)CNCCN1c1ccc(C(N)=O)cc1Br. The Morgan fingerprint density at radius 2 is 2.22 bits per heavy atom. The highest BCUT2D eigenvalue weighted by Crippen LogP contribution is 2.32. The van der Waals surface area contributed by atoms with Gasteiger partial charge in [0.15, 0.2) is 0 Å². The monoisotopic (exact) mass is 311 g/mol. The van der Waals surface area contributed by atoms with Crippen molar-refractivity contribution in [3.8, 4) is 0 Å². The standard InChI is InChI=1S/C13H18BrN3O/c1-13(2)8-16-5-6-17(13)11-4-3-9(12(15)18)7-10(11)14/h3-4,7,16H,5-6,8H2,1-2H3,(H2,15,18). The fourth-order valence-corrected chi connectivity index (χ4v) is 2.90. The van der Waals surface area contributed by atoms with Gasteiger partial charge in [0, 0.05) is 35.2 Å². The Morgan fingerprint density at radius 1 is 1.50 bits per heavy atom. The van der Waals surface area contributed by atoms with Crippen LogP contribution in [0.25, 0.3) is 0 Å². The molecule has 0 atom stereocenters. The van der Waals surface area contributed by atoms with E-state index in [2.05, 4.69) is 40.0 Å². The number of benzene rings is 1. The van der Waals surface area contributed by atoms with Crippen LogP contribution in [0.1, 0.15) is 24.2 Å². The van der Waals surface area contributed by atoms with Crippen molar-refractivity contribution >= 4 is 27.5 Å². The molecule has 98 valence electrons. The minimum Gasteiger partial charge on any atom is -0.366 e.